The molecule has 0 aromatic heterocycles. The largest absolute Gasteiger partial charge is 0.277 e. The lowest BCUT2D eigenvalue weighted by atomic mass is 10.1. The molecule has 0 atom stereocenters. The predicted octanol–water partition coefficient (Wildman–Crippen LogP) is 2.49. The van der Waals surface area contributed by atoms with E-state index in [0.29, 0.717) is 0 Å². The number of hydrogen-bond donors (Lipinski definition) is 0. The first kappa shape index (κ1) is 10.4. The van der Waals surface area contributed by atoms with Crippen molar-refractivity contribution in [2.24, 2.45) is 10.3 Å². The summed E-state index contributed by atoms with van der Waals surface area (Å²) in [7, 11) is 1.94. The highest BCUT2D eigenvalue weighted by Crippen LogP contribution is 2.10. The van der Waals surface area contributed by atoms with Gasteiger partial charge in [-0.25, -0.2) is 0 Å². The van der Waals surface area contributed by atoms with E-state index in [1.165, 1.54) is 0 Å². The molecule has 0 bridgehead atoms. The Kier molecular flexibility index (Phi) is 3.49. The fraction of sp³-hybridized carbons (Fsp3) is 1.00. The molecule has 0 radical (unpaired) electrons. The minimum atomic E-state index is 0.0678. The first-order valence-electron chi connectivity index (χ1n) is 3.98. The standard InChI is InChI=1S/C8H19N3/c1-7(2)9-10-11(6)8(3,4)5/h7H,1-6H3. The Morgan fingerprint density at radius 2 is 1.64 bits per heavy atom. The molecule has 3 heteroatoms. The molecule has 0 spiro atoms. The predicted molar refractivity (Wildman–Crippen MR) is 47.5 cm³/mol. The third-order valence-corrected chi connectivity index (χ3v) is 1.39. The van der Waals surface area contributed by atoms with E-state index < -0.39 is 0 Å². The van der Waals surface area contributed by atoms with Gasteiger partial charge in [0.25, 0.3) is 0 Å². The van der Waals surface area contributed by atoms with Gasteiger partial charge in [-0.15, -0.1) is 0 Å². The minimum Gasteiger partial charge on any atom is -0.277 e. The fourth-order valence-corrected chi connectivity index (χ4v) is 0.315. The van der Waals surface area contributed by atoms with Crippen LogP contribution < -0.4 is 0 Å². The van der Waals surface area contributed by atoms with Crippen LogP contribution in [-0.4, -0.2) is 23.6 Å². The van der Waals surface area contributed by atoms with Crippen molar-refractivity contribution in [2.75, 3.05) is 7.05 Å². The third kappa shape index (κ3) is 4.76. The molecule has 0 heterocycles. The van der Waals surface area contributed by atoms with Crippen LogP contribution in [0.4, 0.5) is 0 Å². The summed E-state index contributed by atoms with van der Waals surface area (Å²) in [5, 5.41) is 9.96. The van der Waals surface area contributed by atoms with Gasteiger partial charge in [0.05, 0.1) is 11.6 Å². The summed E-state index contributed by atoms with van der Waals surface area (Å²) < 4.78 is 0. The van der Waals surface area contributed by atoms with Crippen molar-refractivity contribution in [3.05, 3.63) is 0 Å². The number of rotatable bonds is 2. The van der Waals surface area contributed by atoms with Crippen molar-refractivity contribution in [1.29, 1.82) is 0 Å². The Morgan fingerprint density at radius 1 is 1.18 bits per heavy atom. The van der Waals surface area contributed by atoms with E-state index in [-0.39, 0.29) is 11.6 Å². The Balaban J connectivity index is 3.97. The molecule has 0 unspecified atom stereocenters. The Bertz CT molecular complexity index is 133. The second kappa shape index (κ2) is 3.69. The summed E-state index contributed by atoms with van der Waals surface area (Å²) >= 11 is 0. The average molecular weight is 157 g/mol. The van der Waals surface area contributed by atoms with Crippen LogP contribution in [0.1, 0.15) is 34.6 Å². The normalized spacial score (nSPS) is 13.0. The smallest absolute Gasteiger partial charge is 0.0673 e. The zero-order valence-electron chi connectivity index (χ0n) is 8.42. The van der Waals surface area contributed by atoms with Crippen LogP contribution in [0.2, 0.25) is 0 Å². The SMILES string of the molecule is CC(C)N=NN(C)C(C)(C)C. The molecule has 11 heavy (non-hydrogen) atoms. The topological polar surface area (TPSA) is 28.0 Å². The van der Waals surface area contributed by atoms with Crippen molar-refractivity contribution in [2.45, 2.75) is 46.2 Å². The fourth-order valence-electron chi connectivity index (χ4n) is 0.315. The Morgan fingerprint density at radius 3 is 1.91 bits per heavy atom. The van der Waals surface area contributed by atoms with Crippen LogP contribution in [0.15, 0.2) is 10.3 Å². The van der Waals surface area contributed by atoms with Gasteiger partial charge in [-0.2, -0.15) is 5.11 Å². The zero-order valence-corrected chi connectivity index (χ0v) is 8.42. The molecule has 0 aromatic rings. The molecule has 0 fully saturated rings. The summed E-state index contributed by atoms with van der Waals surface area (Å²) in [5.41, 5.74) is 0.0678. The van der Waals surface area contributed by atoms with Gasteiger partial charge in [0.15, 0.2) is 0 Å². The molecular weight excluding hydrogens is 138 g/mol. The van der Waals surface area contributed by atoms with Crippen LogP contribution in [0, 0.1) is 0 Å². The highest BCUT2D eigenvalue weighted by Gasteiger charge is 2.14. The summed E-state index contributed by atoms with van der Waals surface area (Å²) in [6.45, 7) is 10.3. The van der Waals surface area contributed by atoms with E-state index in [9.17, 15) is 0 Å². The second-order valence-corrected chi connectivity index (χ2v) is 3.99. The van der Waals surface area contributed by atoms with Crippen LogP contribution in [0.3, 0.4) is 0 Å². The van der Waals surface area contributed by atoms with Crippen molar-refractivity contribution < 1.29 is 0 Å². The Labute approximate surface area is 69.5 Å². The molecule has 0 N–H and O–H groups in total. The van der Waals surface area contributed by atoms with Gasteiger partial charge in [0.1, 0.15) is 0 Å². The highest BCUT2D eigenvalue weighted by molar-refractivity contribution is 4.68. The van der Waals surface area contributed by atoms with Gasteiger partial charge in [-0.1, -0.05) is 5.22 Å². The van der Waals surface area contributed by atoms with Crippen LogP contribution in [0.5, 0.6) is 0 Å². The molecule has 0 saturated heterocycles. The van der Waals surface area contributed by atoms with E-state index in [0.717, 1.165) is 0 Å². The van der Waals surface area contributed by atoms with Crippen LogP contribution in [0.25, 0.3) is 0 Å². The van der Waals surface area contributed by atoms with Crippen molar-refractivity contribution in [3.63, 3.8) is 0 Å². The molecule has 66 valence electrons. The monoisotopic (exact) mass is 157 g/mol. The van der Waals surface area contributed by atoms with Crippen molar-refractivity contribution in [3.8, 4) is 0 Å². The van der Waals surface area contributed by atoms with Gasteiger partial charge >= 0.3 is 0 Å². The van der Waals surface area contributed by atoms with Crippen LogP contribution >= 0.6 is 0 Å². The molecule has 0 aliphatic heterocycles. The number of nitrogens with zero attached hydrogens (tertiary/aromatic N) is 3. The summed E-state index contributed by atoms with van der Waals surface area (Å²) in [6, 6.07) is 0.278. The molecule has 3 nitrogen and oxygen atoms in total. The lowest BCUT2D eigenvalue weighted by Gasteiger charge is -2.27. The maximum absolute atomic E-state index is 4.05. The molecule has 0 rings (SSSR count). The maximum Gasteiger partial charge on any atom is 0.0673 e. The molecule has 0 aliphatic rings. The average Bonchev–Trinajstić information content (AvgIpc) is 1.80. The molecule has 0 aromatic carbocycles. The summed E-state index contributed by atoms with van der Waals surface area (Å²) in [5.74, 6) is 0. The third-order valence-electron chi connectivity index (χ3n) is 1.39. The second-order valence-electron chi connectivity index (χ2n) is 3.99. The van der Waals surface area contributed by atoms with Gasteiger partial charge < -0.3 is 0 Å². The molecule has 0 saturated carbocycles. The van der Waals surface area contributed by atoms with Crippen LogP contribution in [-0.2, 0) is 0 Å². The van der Waals surface area contributed by atoms with E-state index in [1.54, 1.807) is 0 Å². The lowest BCUT2D eigenvalue weighted by Crippen LogP contribution is -2.33. The Hall–Kier alpha value is -0.600. The van der Waals surface area contributed by atoms with Crippen molar-refractivity contribution in [1.82, 2.24) is 5.01 Å². The van der Waals surface area contributed by atoms with Gasteiger partial charge in [-0.3, -0.25) is 5.01 Å². The lowest BCUT2D eigenvalue weighted by molar-refractivity contribution is 0.166. The van der Waals surface area contributed by atoms with E-state index in [4.69, 9.17) is 0 Å². The first-order chi connectivity index (χ1) is 4.84. The highest BCUT2D eigenvalue weighted by atomic mass is 15.6. The molecule has 0 aliphatic carbocycles. The number of hydrogen-bond acceptors (Lipinski definition) is 2. The van der Waals surface area contributed by atoms with E-state index >= 15 is 0 Å². The zero-order chi connectivity index (χ0) is 9.07. The molecule has 0 amide bonds. The van der Waals surface area contributed by atoms with Gasteiger partial charge in [0.2, 0.25) is 0 Å². The summed E-state index contributed by atoms with van der Waals surface area (Å²) in [6.07, 6.45) is 0. The van der Waals surface area contributed by atoms with Crippen molar-refractivity contribution >= 4 is 0 Å². The first-order valence-corrected chi connectivity index (χ1v) is 3.98. The van der Waals surface area contributed by atoms with E-state index in [2.05, 4.69) is 31.1 Å². The van der Waals surface area contributed by atoms with Gasteiger partial charge in [-0.05, 0) is 34.6 Å². The summed E-state index contributed by atoms with van der Waals surface area (Å²) in [4.78, 5) is 0. The van der Waals surface area contributed by atoms with E-state index in [1.807, 2.05) is 25.9 Å². The van der Waals surface area contributed by atoms with Gasteiger partial charge in [0, 0.05) is 7.05 Å². The minimum absolute atomic E-state index is 0.0678. The maximum atomic E-state index is 4.05. The molecular formula is C8H19N3. The quantitative estimate of drug-likeness (QED) is 0.447.